The van der Waals surface area contributed by atoms with Gasteiger partial charge in [-0.25, -0.2) is 24.2 Å². The fourth-order valence-electron chi connectivity index (χ4n) is 4.09. The summed E-state index contributed by atoms with van der Waals surface area (Å²) in [5.74, 6) is -3.12. The first-order valence-electron chi connectivity index (χ1n) is 15.3. The number of fused-ring (bicyclic) bond motifs is 1. The molecule has 20 heteroatoms. The fourth-order valence-corrected chi connectivity index (χ4v) is 4.99. The van der Waals surface area contributed by atoms with Gasteiger partial charge in [0, 0.05) is 28.4 Å². The third-order valence-corrected chi connectivity index (χ3v) is 8.42. The molecule has 2 heterocycles. The Labute approximate surface area is 290 Å². The van der Waals surface area contributed by atoms with Gasteiger partial charge in [-0.15, -0.1) is 0 Å². The lowest BCUT2D eigenvalue weighted by atomic mass is 9.92. The third-order valence-electron chi connectivity index (χ3n) is 7.34. The first-order chi connectivity index (χ1) is 23.6. The second-order valence-electron chi connectivity index (χ2n) is 11.1. The minimum atomic E-state index is -3.28. The molecule has 0 aliphatic carbocycles. The maximum Gasteiger partial charge on any atom is 0.335 e. The van der Waals surface area contributed by atoms with Crippen molar-refractivity contribution in [3.05, 3.63) is 24.2 Å². The maximum absolute atomic E-state index is 13.3. The van der Waals surface area contributed by atoms with Gasteiger partial charge in [-0.3, -0.25) is 14.2 Å². The van der Waals surface area contributed by atoms with Gasteiger partial charge >= 0.3 is 17.9 Å². The Morgan fingerprint density at radius 3 is 2.04 bits per heavy atom. The van der Waals surface area contributed by atoms with Crippen LogP contribution in [0, 0.1) is 11.3 Å². The topological polar surface area (TPSA) is 237 Å². The Balaban J connectivity index is 2.72. The molecule has 0 fully saturated rings. The van der Waals surface area contributed by atoms with Gasteiger partial charge in [-0.05, 0) is 53.7 Å². The summed E-state index contributed by atoms with van der Waals surface area (Å²) >= 11 is 0. The van der Waals surface area contributed by atoms with Gasteiger partial charge in [0.25, 0.3) is 14.1 Å². The van der Waals surface area contributed by atoms with Gasteiger partial charge in [-0.2, -0.15) is 10.4 Å². The molecule has 1 unspecified atom stereocenters. The Morgan fingerprint density at radius 1 is 0.900 bits per heavy atom. The van der Waals surface area contributed by atoms with Gasteiger partial charge in [0.05, 0.1) is 11.8 Å². The van der Waals surface area contributed by atoms with Crippen LogP contribution in [0.3, 0.4) is 0 Å². The number of nitrogens with zero attached hydrogens (tertiary/aromatic N) is 4. The van der Waals surface area contributed by atoms with E-state index >= 15 is 0 Å². The smallest absolute Gasteiger partial charge is 0.335 e. The highest BCUT2D eigenvalue weighted by Crippen LogP contribution is 2.37. The van der Waals surface area contributed by atoms with Crippen LogP contribution in [0.4, 0.5) is 5.82 Å². The minimum absolute atomic E-state index is 0.0183. The number of hydrogen-bond acceptors (Lipinski definition) is 16. The molecule has 50 heavy (non-hydrogen) atoms. The molecule has 19 nitrogen and oxygen atoms in total. The van der Waals surface area contributed by atoms with Crippen molar-refractivity contribution < 1.29 is 61.4 Å². The summed E-state index contributed by atoms with van der Waals surface area (Å²) in [7, 11) is 1.68. The molecule has 8 atom stereocenters. The van der Waals surface area contributed by atoms with Crippen LogP contribution in [0.2, 0.25) is 0 Å². The second kappa shape index (κ2) is 19.4. The average molecular weight is 729 g/mol. The molecule has 2 aromatic rings. The van der Waals surface area contributed by atoms with E-state index in [1.54, 1.807) is 13.8 Å². The Bertz CT molecular complexity index is 1550. The Hall–Kier alpha value is -4.02. The summed E-state index contributed by atoms with van der Waals surface area (Å²) in [5.41, 5.74) is -2.11. The number of nitrogens with one attached hydrogen (secondary N) is 2. The monoisotopic (exact) mass is 728 g/mol. The van der Waals surface area contributed by atoms with Gasteiger partial charge in [0.15, 0.2) is 30.2 Å². The molecular weight excluding hydrogens is 683 g/mol. The lowest BCUT2D eigenvalue weighted by molar-refractivity contribution is -0.202. The van der Waals surface area contributed by atoms with Crippen molar-refractivity contribution in [3.8, 4) is 6.07 Å². The molecule has 0 spiro atoms. The number of carbonyl (C=O) groups excluding carboxylic acids is 4. The molecule has 278 valence electrons. The van der Waals surface area contributed by atoms with Crippen molar-refractivity contribution in [3.63, 3.8) is 0 Å². The highest BCUT2D eigenvalue weighted by Gasteiger charge is 2.52. The summed E-state index contributed by atoms with van der Waals surface area (Å²) in [6.45, 7) is 8.16. The number of carbonyl (C=O) groups is 4. The van der Waals surface area contributed by atoms with Gasteiger partial charge in [0.1, 0.15) is 36.7 Å². The molecule has 0 radical (unpaired) electrons. The molecule has 0 aliphatic heterocycles. The van der Waals surface area contributed by atoms with Gasteiger partial charge < -0.3 is 43.0 Å². The summed E-state index contributed by atoms with van der Waals surface area (Å²) in [5, 5.41) is 19.9. The first-order valence-corrected chi connectivity index (χ1v) is 16.6. The van der Waals surface area contributed by atoms with Crippen LogP contribution < -0.4 is 10.4 Å². The predicted molar refractivity (Wildman–Crippen MR) is 174 cm³/mol. The SMILES string of the molecule is CO[C@H](C)C(=O)Nc1ncnn2c([C@H](OC(=O)[C@@H](C)OC)[C@H](OC(=O)[C@@H](C)OC)[C@@](C#N)(CO[PH](=O)N[C@@H](C)C(=O)OC(C)C)OC)ccc12. The molecule has 0 aromatic carbocycles. The standard InChI is InChI=1S/C30H45N6O13P/c1-16(2)47-27(38)17(3)35-50(41)46-14-30(13-31,45-10)24(49-29(40)20(6)44-9)23(48-28(39)19(5)43-8)21-11-12-22-25(32-15-33-36(21)22)34-26(37)18(4)42-7/h11-12,15-20,23-24,50H,14H2,1-10H3,(H,35,41)(H,32,33,34,37)/t17-,18+,19+,20+,23-,24-,30+/m0/s1. The van der Waals surface area contributed by atoms with Crippen LogP contribution in [0.15, 0.2) is 18.5 Å². The van der Waals surface area contributed by atoms with E-state index < -0.39 is 86.9 Å². The number of nitriles is 1. The van der Waals surface area contributed by atoms with E-state index in [1.165, 1.54) is 65.7 Å². The average Bonchev–Trinajstić information content (AvgIpc) is 3.53. The quantitative estimate of drug-likeness (QED) is 0.112. The van der Waals surface area contributed by atoms with E-state index in [2.05, 4.69) is 20.5 Å². The largest absolute Gasteiger partial charge is 0.462 e. The van der Waals surface area contributed by atoms with Crippen molar-refractivity contribution in [2.75, 3.05) is 40.4 Å². The van der Waals surface area contributed by atoms with E-state index in [0.717, 1.165) is 13.4 Å². The van der Waals surface area contributed by atoms with Crippen molar-refractivity contribution in [2.24, 2.45) is 0 Å². The second-order valence-corrected chi connectivity index (χ2v) is 12.3. The van der Waals surface area contributed by atoms with Crippen molar-refractivity contribution in [2.45, 2.75) is 89.8 Å². The number of hydrogen-bond donors (Lipinski definition) is 2. The van der Waals surface area contributed by atoms with Crippen molar-refractivity contribution in [1.82, 2.24) is 19.7 Å². The zero-order valence-electron chi connectivity index (χ0n) is 29.6. The van der Waals surface area contributed by atoms with Gasteiger partial charge in [-0.1, -0.05) is 0 Å². The Kier molecular flexibility index (Phi) is 16.3. The molecule has 0 aliphatic rings. The molecule has 2 rings (SSSR count). The number of esters is 3. The maximum atomic E-state index is 13.3. The summed E-state index contributed by atoms with van der Waals surface area (Å²) in [6.07, 6.45) is -6.05. The molecule has 0 saturated carbocycles. The van der Waals surface area contributed by atoms with Crippen LogP contribution in [-0.2, 0) is 61.4 Å². The summed E-state index contributed by atoms with van der Waals surface area (Å²) in [6, 6.07) is 3.76. The van der Waals surface area contributed by atoms with Crippen LogP contribution in [0.25, 0.3) is 5.52 Å². The number of aromatic nitrogens is 3. The van der Waals surface area contributed by atoms with Gasteiger partial charge in [0.2, 0.25) is 5.60 Å². The summed E-state index contributed by atoms with van der Waals surface area (Å²) in [4.78, 5) is 55.5. The van der Waals surface area contributed by atoms with Crippen LogP contribution in [0.1, 0.15) is 53.3 Å². The number of amides is 1. The molecule has 0 bridgehead atoms. The molecule has 2 N–H and O–H groups in total. The van der Waals surface area contributed by atoms with Crippen LogP contribution in [0.5, 0.6) is 0 Å². The van der Waals surface area contributed by atoms with E-state index in [-0.39, 0.29) is 17.0 Å². The van der Waals surface area contributed by atoms with Crippen LogP contribution in [-0.4, -0.2) is 116 Å². The van der Waals surface area contributed by atoms with E-state index in [1.807, 2.05) is 6.07 Å². The normalized spacial score (nSPS) is 16.9. The predicted octanol–water partition coefficient (Wildman–Crippen LogP) is 1.51. The number of anilines is 1. The van der Waals surface area contributed by atoms with Crippen molar-refractivity contribution >= 4 is 43.3 Å². The van der Waals surface area contributed by atoms with E-state index in [4.69, 9.17) is 37.7 Å². The third kappa shape index (κ3) is 10.7. The molecule has 0 saturated heterocycles. The number of ether oxygens (including phenoxy) is 7. The Morgan fingerprint density at radius 2 is 1.50 bits per heavy atom. The van der Waals surface area contributed by atoms with Crippen molar-refractivity contribution in [1.29, 1.82) is 5.26 Å². The van der Waals surface area contributed by atoms with Crippen LogP contribution >= 0.6 is 8.18 Å². The molecular formula is C30H45N6O13P. The number of methoxy groups -OCH3 is 4. The fraction of sp³-hybridized carbons (Fsp3) is 0.633. The minimum Gasteiger partial charge on any atom is -0.462 e. The summed E-state index contributed by atoms with van der Waals surface area (Å²) < 4.78 is 57.4. The molecule has 1 amide bonds. The van der Waals surface area contributed by atoms with E-state index in [9.17, 15) is 29.0 Å². The lowest BCUT2D eigenvalue weighted by Crippen LogP contribution is -2.54. The number of rotatable bonds is 20. The first kappa shape index (κ1) is 42.1. The zero-order valence-corrected chi connectivity index (χ0v) is 30.6. The zero-order chi connectivity index (χ0) is 37.8. The molecule has 2 aromatic heterocycles. The highest BCUT2D eigenvalue weighted by atomic mass is 31.1. The van der Waals surface area contributed by atoms with E-state index in [0.29, 0.717) is 0 Å². The highest BCUT2D eigenvalue weighted by molar-refractivity contribution is 7.36. The lowest BCUT2D eigenvalue weighted by Gasteiger charge is -2.37.